The Morgan fingerprint density at radius 2 is 1.84 bits per heavy atom. The molecule has 4 rings (SSSR count). The van der Waals surface area contributed by atoms with Crippen molar-refractivity contribution in [2.45, 2.75) is 17.7 Å². The molecule has 0 saturated carbocycles. The van der Waals surface area contributed by atoms with Crippen LogP contribution in [0.1, 0.15) is 23.2 Å². The van der Waals surface area contributed by atoms with E-state index >= 15 is 0 Å². The minimum atomic E-state index is -3.71. The van der Waals surface area contributed by atoms with Gasteiger partial charge in [0.2, 0.25) is 15.9 Å². The van der Waals surface area contributed by atoms with Gasteiger partial charge < -0.3 is 19.7 Å². The van der Waals surface area contributed by atoms with Gasteiger partial charge in [-0.05, 0) is 37.1 Å². The number of nitrogens with one attached hydrogen (secondary N) is 1. The van der Waals surface area contributed by atoms with Crippen LogP contribution in [0.25, 0.3) is 0 Å². The number of hydrogen-bond acceptors (Lipinski definition) is 7. The quantitative estimate of drug-likeness (QED) is 0.724. The van der Waals surface area contributed by atoms with Gasteiger partial charge in [-0.15, -0.1) is 0 Å². The highest BCUT2D eigenvalue weighted by atomic mass is 32.2. The van der Waals surface area contributed by atoms with Crippen molar-refractivity contribution < 1.29 is 22.7 Å². The molecule has 2 aliphatic heterocycles. The van der Waals surface area contributed by atoms with E-state index in [1.165, 1.54) is 23.7 Å². The number of anilines is 2. The monoisotopic (exact) mass is 446 g/mol. The molecule has 0 atom stereocenters. The number of sulfonamides is 1. The van der Waals surface area contributed by atoms with Gasteiger partial charge >= 0.3 is 0 Å². The van der Waals surface area contributed by atoms with Crippen molar-refractivity contribution in [3.63, 3.8) is 0 Å². The average molecular weight is 447 g/mol. The Morgan fingerprint density at radius 1 is 1.10 bits per heavy atom. The van der Waals surface area contributed by atoms with Gasteiger partial charge in [0, 0.05) is 37.9 Å². The number of nitrogens with zero attached hydrogens (tertiary/aromatic N) is 3. The van der Waals surface area contributed by atoms with Gasteiger partial charge in [0.1, 0.15) is 0 Å². The summed E-state index contributed by atoms with van der Waals surface area (Å²) < 4.78 is 38.0. The third-order valence-corrected chi connectivity index (χ3v) is 7.37. The highest BCUT2D eigenvalue weighted by Gasteiger charge is 2.29. The predicted molar refractivity (Wildman–Crippen MR) is 116 cm³/mol. The van der Waals surface area contributed by atoms with Crippen LogP contribution in [-0.4, -0.2) is 70.1 Å². The molecule has 0 bridgehead atoms. The molecular formula is C21H26N4O5S. The van der Waals surface area contributed by atoms with Crippen LogP contribution >= 0.6 is 0 Å². The lowest BCUT2D eigenvalue weighted by Crippen LogP contribution is -2.40. The molecule has 2 saturated heterocycles. The third-order valence-electron chi connectivity index (χ3n) is 5.47. The second kappa shape index (κ2) is 9.21. The molecule has 3 heterocycles. The zero-order valence-electron chi connectivity index (χ0n) is 17.4. The summed E-state index contributed by atoms with van der Waals surface area (Å²) in [5, 5.41) is 2.82. The van der Waals surface area contributed by atoms with Gasteiger partial charge in [0.25, 0.3) is 5.91 Å². The fraction of sp³-hybridized carbons (Fsp3) is 0.429. The Labute approximate surface area is 182 Å². The number of carbonyl (C=O) groups is 1. The van der Waals surface area contributed by atoms with E-state index in [1.54, 1.807) is 24.3 Å². The van der Waals surface area contributed by atoms with Crippen LogP contribution in [0.2, 0.25) is 0 Å². The number of morpholine rings is 1. The first-order chi connectivity index (χ1) is 15.0. The molecule has 10 heteroatoms. The summed E-state index contributed by atoms with van der Waals surface area (Å²) in [5.41, 5.74) is 1.56. The summed E-state index contributed by atoms with van der Waals surface area (Å²) >= 11 is 0. The van der Waals surface area contributed by atoms with Gasteiger partial charge in [0.05, 0.1) is 42.7 Å². The maximum atomic E-state index is 13.2. The first kappa shape index (κ1) is 21.5. The topological polar surface area (TPSA) is 101 Å². The normalized spacial score (nSPS) is 17.5. The Hall–Kier alpha value is -2.69. The number of ether oxygens (including phenoxy) is 2. The third kappa shape index (κ3) is 4.65. The van der Waals surface area contributed by atoms with Crippen LogP contribution in [0.15, 0.2) is 41.4 Å². The van der Waals surface area contributed by atoms with Crippen molar-refractivity contribution in [2.75, 3.05) is 56.7 Å². The molecule has 1 N–H and O–H groups in total. The van der Waals surface area contributed by atoms with Crippen LogP contribution in [0.3, 0.4) is 0 Å². The molecular weight excluding hydrogens is 420 g/mol. The second-order valence-electron chi connectivity index (χ2n) is 7.43. The molecule has 166 valence electrons. The molecule has 31 heavy (non-hydrogen) atoms. The Balaban J connectivity index is 1.67. The zero-order valence-corrected chi connectivity index (χ0v) is 18.2. The van der Waals surface area contributed by atoms with Crippen molar-refractivity contribution in [3.8, 4) is 5.88 Å². The molecule has 2 aliphatic rings. The summed E-state index contributed by atoms with van der Waals surface area (Å²) in [5.74, 6) is 0.0576. The minimum absolute atomic E-state index is 0.107. The standard InChI is InChI=1S/C21H26N4O5S/c1-29-20-7-4-16(15-22-20)23-21(26)18-14-17(5-6-19(18)24-8-2-3-9-24)31(27,28)25-10-12-30-13-11-25/h4-7,14-15H,2-3,8-13H2,1H3,(H,23,26). The predicted octanol–water partition coefficient (Wildman–Crippen LogP) is 1.96. The molecule has 0 spiro atoms. The van der Waals surface area contributed by atoms with Crippen molar-refractivity contribution >= 4 is 27.3 Å². The molecule has 2 aromatic rings. The van der Waals surface area contributed by atoms with E-state index < -0.39 is 10.0 Å². The van der Waals surface area contributed by atoms with Crippen molar-refractivity contribution in [1.29, 1.82) is 0 Å². The Kier molecular flexibility index (Phi) is 6.40. The van der Waals surface area contributed by atoms with Crippen LogP contribution in [0, 0.1) is 0 Å². The lowest BCUT2D eigenvalue weighted by molar-refractivity contribution is 0.0730. The summed E-state index contributed by atoms with van der Waals surface area (Å²) in [6.45, 7) is 3.00. The highest BCUT2D eigenvalue weighted by molar-refractivity contribution is 7.89. The molecule has 0 radical (unpaired) electrons. The van der Waals surface area contributed by atoms with Crippen LogP contribution in [0.4, 0.5) is 11.4 Å². The average Bonchev–Trinajstić information content (AvgIpc) is 3.34. The lowest BCUT2D eigenvalue weighted by Gasteiger charge is -2.27. The highest BCUT2D eigenvalue weighted by Crippen LogP contribution is 2.29. The number of hydrogen-bond donors (Lipinski definition) is 1. The molecule has 1 aromatic carbocycles. The summed E-state index contributed by atoms with van der Waals surface area (Å²) in [7, 11) is -2.20. The van der Waals surface area contributed by atoms with E-state index in [0.717, 1.165) is 31.6 Å². The molecule has 0 unspecified atom stereocenters. The number of aromatic nitrogens is 1. The molecule has 1 amide bonds. The van der Waals surface area contributed by atoms with E-state index in [1.807, 2.05) is 0 Å². The van der Waals surface area contributed by atoms with E-state index in [4.69, 9.17) is 9.47 Å². The smallest absolute Gasteiger partial charge is 0.257 e. The van der Waals surface area contributed by atoms with Crippen molar-refractivity contribution in [3.05, 3.63) is 42.1 Å². The first-order valence-electron chi connectivity index (χ1n) is 10.3. The van der Waals surface area contributed by atoms with Gasteiger partial charge in [-0.2, -0.15) is 4.31 Å². The summed E-state index contributed by atoms with van der Waals surface area (Å²) in [6, 6.07) is 8.14. The number of methoxy groups -OCH3 is 1. The van der Waals surface area contributed by atoms with E-state index in [-0.39, 0.29) is 10.8 Å². The molecule has 2 fully saturated rings. The fourth-order valence-corrected chi connectivity index (χ4v) is 5.24. The van der Waals surface area contributed by atoms with E-state index in [0.29, 0.717) is 43.4 Å². The molecule has 1 aromatic heterocycles. The maximum Gasteiger partial charge on any atom is 0.257 e. The Bertz CT molecular complexity index is 1030. The summed E-state index contributed by atoms with van der Waals surface area (Å²) in [4.78, 5) is 19.5. The number of rotatable bonds is 6. The number of benzene rings is 1. The molecule has 0 aliphatic carbocycles. The van der Waals surface area contributed by atoms with Crippen LogP contribution in [-0.2, 0) is 14.8 Å². The van der Waals surface area contributed by atoms with Gasteiger partial charge in [0.15, 0.2) is 0 Å². The van der Waals surface area contributed by atoms with E-state index in [2.05, 4.69) is 15.2 Å². The molecule has 9 nitrogen and oxygen atoms in total. The zero-order chi connectivity index (χ0) is 21.8. The number of amides is 1. The van der Waals surface area contributed by atoms with Crippen molar-refractivity contribution in [1.82, 2.24) is 9.29 Å². The Morgan fingerprint density at radius 3 is 2.48 bits per heavy atom. The van der Waals surface area contributed by atoms with Gasteiger partial charge in [-0.3, -0.25) is 4.79 Å². The van der Waals surface area contributed by atoms with Crippen molar-refractivity contribution in [2.24, 2.45) is 0 Å². The SMILES string of the molecule is COc1ccc(NC(=O)c2cc(S(=O)(=O)N3CCOCC3)ccc2N2CCCC2)cn1. The fourth-order valence-electron chi connectivity index (χ4n) is 3.80. The van der Waals surface area contributed by atoms with Gasteiger partial charge in [-0.25, -0.2) is 13.4 Å². The second-order valence-corrected chi connectivity index (χ2v) is 9.37. The van der Waals surface area contributed by atoms with Crippen LogP contribution < -0.4 is 15.0 Å². The maximum absolute atomic E-state index is 13.2. The first-order valence-corrected chi connectivity index (χ1v) is 11.7. The minimum Gasteiger partial charge on any atom is -0.481 e. The van der Waals surface area contributed by atoms with Crippen LogP contribution in [0.5, 0.6) is 5.88 Å². The largest absolute Gasteiger partial charge is 0.481 e. The van der Waals surface area contributed by atoms with Gasteiger partial charge in [-0.1, -0.05) is 0 Å². The lowest BCUT2D eigenvalue weighted by atomic mass is 10.1. The van der Waals surface area contributed by atoms with E-state index in [9.17, 15) is 13.2 Å². The number of pyridine rings is 1. The number of carbonyl (C=O) groups excluding carboxylic acids is 1. The summed E-state index contributed by atoms with van der Waals surface area (Å²) in [6.07, 6.45) is 3.58.